The van der Waals surface area contributed by atoms with Crippen LogP contribution in [0.5, 0.6) is 0 Å². The molecule has 164 valence electrons. The van der Waals surface area contributed by atoms with Crippen molar-refractivity contribution in [1.29, 1.82) is 0 Å². The van der Waals surface area contributed by atoms with Gasteiger partial charge in [0.15, 0.2) is 0 Å². The Bertz CT molecular complexity index is 1120. The van der Waals surface area contributed by atoms with Crippen molar-refractivity contribution in [2.24, 2.45) is 10.1 Å². The number of fused-ring (bicyclic) bond motifs is 2. The summed E-state index contributed by atoms with van der Waals surface area (Å²) in [6, 6.07) is 6.60. The number of aryl methyl sites for hydroxylation is 2. The number of nitrogens with zero attached hydrogens (tertiary/aromatic N) is 2. The smallest absolute Gasteiger partial charge is 0.353 e. The molecule has 4 rings (SSSR count). The summed E-state index contributed by atoms with van der Waals surface area (Å²) in [5.74, 6) is -0.691. The van der Waals surface area contributed by atoms with Gasteiger partial charge in [-0.25, -0.2) is 9.00 Å². The van der Waals surface area contributed by atoms with Crippen molar-refractivity contribution in [3.05, 3.63) is 57.6 Å². The third-order valence-electron chi connectivity index (χ3n) is 5.92. The first-order valence-corrected chi connectivity index (χ1v) is 11.8. The van der Waals surface area contributed by atoms with Crippen LogP contribution in [0.2, 0.25) is 0 Å². The van der Waals surface area contributed by atoms with Gasteiger partial charge in [-0.3, -0.25) is 4.79 Å². The number of hydrogen-bond donors (Lipinski definition) is 3. The number of carbonyl (C=O) groups is 2. The lowest BCUT2D eigenvalue weighted by atomic mass is 9.99. The molecule has 7 nitrogen and oxygen atoms in total. The molecule has 0 saturated carbocycles. The Morgan fingerprint density at radius 3 is 2.29 bits per heavy atom. The molecule has 1 atom stereocenters. The van der Waals surface area contributed by atoms with Gasteiger partial charge >= 0.3 is 6.03 Å². The van der Waals surface area contributed by atoms with Gasteiger partial charge in [-0.05, 0) is 92.6 Å². The number of rotatable bonds is 5. The van der Waals surface area contributed by atoms with Crippen molar-refractivity contribution >= 4 is 28.2 Å². The lowest BCUT2D eigenvalue weighted by Gasteiger charge is -2.15. The molecule has 0 spiro atoms. The molecule has 0 saturated heterocycles. The van der Waals surface area contributed by atoms with Gasteiger partial charge in [0.2, 0.25) is 5.91 Å². The summed E-state index contributed by atoms with van der Waals surface area (Å²) in [5.41, 5.74) is 12.3. The van der Waals surface area contributed by atoms with Crippen LogP contribution in [-0.4, -0.2) is 35.1 Å². The van der Waals surface area contributed by atoms with E-state index in [1.165, 1.54) is 22.3 Å². The van der Waals surface area contributed by atoms with Crippen LogP contribution in [0.15, 0.2) is 33.5 Å². The Labute approximate surface area is 184 Å². The van der Waals surface area contributed by atoms with Crippen LogP contribution in [0.3, 0.4) is 0 Å². The van der Waals surface area contributed by atoms with Crippen molar-refractivity contribution in [2.75, 3.05) is 19.4 Å². The van der Waals surface area contributed by atoms with E-state index >= 15 is 0 Å². The van der Waals surface area contributed by atoms with E-state index in [0.717, 1.165) is 49.8 Å². The Morgan fingerprint density at radius 1 is 1.06 bits per heavy atom. The van der Waals surface area contributed by atoms with Gasteiger partial charge in [-0.15, -0.1) is 4.36 Å². The van der Waals surface area contributed by atoms with Gasteiger partial charge in [0, 0.05) is 12.2 Å². The largest absolute Gasteiger partial charge is 0.366 e. The monoisotopic (exact) mass is 440 g/mol. The molecule has 2 aromatic carbocycles. The Balaban J connectivity index is 1.66. The van der Waals surface area contributed by atoms with Gasteiger partial charge in [0.25, 0.3) is 0 Å². The molecule has 0 aliphatic heterocycles. The highest BCUT2D eigenvalue weighted by atomic mass is 32.2. The first-order valence-electron chi connectivity index (χ1n) is 10.6. The molecule has 3 N–H and O–H groups in total. The molecule has 0 fully saturated rings. The number of thiol groups is 1. The van der Waals surface area contributed by atoms with Crippen molar-refractivity contribution < 1.29 is 13.8 Å². The zero-order chi connectivity index (χ0) is 22.1. The minimum atomic E-state index is -2.47. The number of benzene rings is 2. The van der Waals surface area contributed by atoms with Crippen LogP contribution in [0.4, 0.5) is 10.5 Å². The fraction of sp³-hybridized carbons (Fsp3) is 0.391. The van der Waals surface area contributed by atoms with Crippen molar-refractivity contribution in [3.63, 3.8) is 0 Å². The second-order valence-electron chi connectivity index (χ2n) is 8.49. The normalized spacial score (nSPS) is 15.7. The molecule has 8 heteroatoms. The molecule has 2 aliphatic rings. The summed E-state index contributed by atoms with van der Waals surface area (Å²) in [6.07, 6.45) is 6.07. The van der Waals surface area contributed by atoms with Gasteiger partial charge in [-0.1, -0.05) is 12.1 Å². The van der Waals surface area contributed by atoms with Gasteiger partial charge in [0.05, 0.1) is 21.1 Å². The van der Waals surface area contributed by atoms with E-state index < -0.39 is 22.5 Å². The average Bonchev–Trinajstić information content (AvgIpc) is 3.36. The summed E-state index contributed by atoms with van der Waals surface area (Å²) < 4.78 is 16.9. The quantitative estimate of drug-likeness (QED) is 0.622. The van der Waals surface area contributed by atoms with Crippen LogP contribution < -0.4 is 11.1 Å². The van der Waals surface area contributed by atoms with Gasteiger partial charge < -0.3 is 16.0 Å². The molecule has 2 aliphatic carbocycles. The van der Waals surface area contributed by atoms with Crippen molar-refractivity contribution in [2.45, 2.75) is 50.0 Å². The summed E-state index contributed by atoms with van der Waals surface area (Å²) in [5, 5.41) is 2.93. The number of hydrogen-bond acceptors (Lipinski definition) is 4. The molecular formula is C23H28N4O3S. The molecule has 31 heavy (non-hydrogen) atoms. The van der Waals surface area contributed by atoms with Crippen LogP contribution >= 0.6 is 0 Å². The van der Waals surface area contributed by atoms with Crippen molar-refractivity contribution in [1.82, 2.24) is 4.90 Å². The molecule has 0 aromatic heterocycles. The first-order chi connectivity index (χ1) is 14.8. The third kappa shape index (κ3) is 4.50. The molecule has 2 aromatic rings. The summed E-state index contributed by atoms with van der Waals surface area (Å²) in [7, 11) is 1.35. The second-order valence-corrected chi connectivity index (χ2v) is 9.72. The van der Waals surface area contributed by atoms with E-state index in [2.05, 4.69) is 15.7 Å². The Hall–Kier alpha value is -2.71. The molecular weight excluding hydrogens is 412 g/mol. The maximum Gasteiger partial charge on any atom is 0.353 e. The lowest BCUT2D eigenvalue weighted by Crippen LogP contribution is -2.16. The van der Waals surface area contributed by atoms with E-state index in [-0.39, 0.29) is 10.5 Å². The highest BCUT2D eigenvalue weighted by Gasteiger charge is 2.25. The second kappa shape index (κ2) is 8.80. The Kier molecular flexibility index (Phi) is 6.11. The number of amides is 3. The molecule has 0 radical (unpaired) electrons. The minimum absolute atomic E-state index is 0.127. The topological polar surface area (TPSA) is 105 Å². The summed E-state index contributed by atoms with van der Waals surface area (Å²) in [6.45, 7) is 0.601. The van der Waals surface area contributed by atoms with Crippen molar-refractivity contribution in [3.8, 4) is 0 Å². The summed E-state index contributed by atoms with van der Waals surface area (Å²) in [4.78, 5) is 26.7. The molecule has 0 bridgehead atoms. The molecule has 3 amide bonds. The predicted octanol–water partition coefficient (Wildman–Crippen LogP) is 3.08. The SMILES string of the molecule is CN(C)Cc1ccc(C(N)=O)c(/[SH](=O)=N/C(=O)Nc2c3c(cc4c2CCC4)CCC3)c1. The van der Waals surface area contributed by atoms with E-state index in [9.17, 15) is 13.8 Å². The van der Waals surface area contributed by atoms with Crippen LogP contribution in [-0.2, 0) is 42.8 Å². The fourth-order valence-corrected chi connectivity index (χ4v) is 5.63. The van der Waals surface area contributed by atoms with Crippen LogP contribution in [0.1, 0.15) is 51.0 Å². The maximum atomic E-state index is 13.0. The highest BCUT2D eigenvalue weighted by Crippen LogP contribution is 2.38. The highest BCUT2D eigenvalue weighted by molar-refractivity contribution is 7.75. The van der Waals surface area contributed by atoms with Gasteiger partial charge in [0.1, 0.15) is 0 Å². The van der Waals surface area contributed by atoms with E-state index in [1.54, 1.807) is 18.2 Å². The number of nitrogens with two attached hydrogens (primary N) is 1. The lowest BCUT2D eigenvalue weighted by molar-refractivity contribution is 0.0997. The number of anilines is 1. The van der Waals surface area contributed by atoms with E-state index in [1.807, 2.05) is 19.0 Å². The van der Waals surface area contributed by atoms with E-state index in [4.69, 9.17) is 5.73 Å². The number of urea groups is 1. The standard InChI is InChI=1S/C23H28N4O3S/c1-27(2)13-14-9-10-19(22(24)28)20(11-14)31(30)26-23(29)25-21-17-7-3-5-15(17)12-16-6-4-8-18(16)21/h9-12,31H,3-8,13H2,1-2H3,(H2,24,28)(H,25,29). The number of carbonyl (C=O) groups excluding carboxylic acids is 2. The van der Waals surface area contributed by atoms with Crippen LogP contribution in [0.25, 0.3) is 0 Å². The first kappa shape index (κ1) is 21.5. The maximum absolute atomic E-state index is 13.0. The number of primary amides is 1. The van der Waals surface area contributed by atoms with E-state index in [0.29, 0.717) is 6.54 Å². The fourth-order valence-electron chi connectivity index (χ4n) is 4.64. The summed E-state index contributed by atoms with van der Waals surface area (Å²) >= 11 is 0. The average molecular weight is 441 g/mol. The third-order valence-corrected chi connectivity index (χ3v) is 7.06. The zero-order valence-electron chi connectivity index (χ0n) is 17.9. The molecule has 0 heterocycles. The molecule has 1 unspecified atom stereocenters. The van der Waals surface area contributed by atoms with Gasteiger partial charge in [-0.2, -0.15) is 0 Å². The number of nitrogens with one attached hydrogen (secondary N) is 1. The predicted molar refractivity (Wildman–Crippen MR) is 122 cm³/mol. The zero-order valence-corrected chi connectivity index (χ0v) is 18.8. The minimum Gasteiger partial charge on any atom is -0.366 e. The van der Waals surface area contributed by atoms with Crippen LogP contribution in [0, 0.1) is 0 Å². The Morgan fingerprint density at radius 2 is 1.71 bits per heavy atom.